The fraction of sp³-hybridized carbons (Fsp3) is 0.462. The predicted molar refractivity (Wildman–Crippen MR) is 72.8 cm³/mol. The number of aromatic carboxylic acids is 1. The van der Waals surface area contributed by atoms with Crippen LogP contribution < -0.4 is 4.72 Å². The number of carboxylic acid groups (broad SMARTS) is 1. The number of hydrogen-bond acceptors (Lipinski definition) is 4. The van der Waals surface area contributed by atoms with Gasteiger partial charge in [0.2, 0.25) is 10.0 Å². The summed E-state index contributed by atoms with van der Waals surface area (Å²) < 4.78 is 26.1. The second kappa shape index (κ2) is 5.90. The van der Waals surface area contributed by atoms with Crippen LogP contribution in [0.5, 0.6) is 0 Å². The van der Waals surface area contributed by atoms with E-state index >= 15 is 0 Å². The average molecular weight is 299 g/mol. The number of rotatable bonds is 7. The van der Waals surface area contributed by atoms with E-state index in [0.717, 1.165) is 12.8 Å². The normalized spacial score (nSPS) is 16.9. The first kappa shape index (κ1) is 15.0. The standard InChI is InChI=1S/C13H17NO5S/c15-12(10-4-5-10)7-14-20(18,19)8-9-2-1-3-11(6-9)13(16)17/h1-3,6,10,12,14-15H,4-5,7-8H2,(H,16,17). The maximum atomic E-state index is 11.9. The molecule has 110 valence electrons. The van der Waals surface area contributed by atoms with Crippen molar-refractivity contribution in [1.29, 1.82) is 0 Å². The molecule has 1 saturated carbocycles. The Morgan fingerprint density at radius 2 is 2.10 bits per heavy atom. The summed E-state index contributed by atoms with van der Waals surface area (Å²) in [5.74, 6) is -1.19. The SMILES string of the molecule is O=C(O)c1cccc(CS(=O)(=O)NCC(O)C2CC2)c1. The number of carboxylic acids is 1. The maximum absolute atomic E-state index is 11.9. The molecule has 0 aromatic heterocycles. The monoisotopic (exact) mass is 299 g/mol. The quantitative estimate of drug-likeness (QED) is 0.683. The third-order valence-corrected chi connectivity index (χ3v) is 4.53. The summed E-state index contributed by atoms with van der Waals surface area (Å²) >= 11 is 0. The number of benzene rings is 1. The van der Waals surface area contributed by atoms with Gasteiger partial charge in [0.05, 0.1) is 17.4 Å². The molecular weight excluding hydrogens is 282 g/mol. The molecule has 2 rings (SSSR count). The minimum Gasteiger partial charge on any atom is -0.478 e. The first-order valence-corrected chi connectivity index (χ1v) is 8.00. The fourth-order valence-electron chi connectivity index (χ4n) is 1.92. The topological polar surface area (TPSA) is 104 Å². The van der Waals surface area contributed by atoms with Gasteiger partial charge in [-0.3, -0.25) is 0 Å². The van der Waals surface area contributed by atoms with Gasteiger partial charge in [-0.25, -0.2) is 17.9 Å². The fourth-order valence-corrected chi connectivity index (χ4v) is 3.07. The van der Waals surface area contributed by atoms with Crippen molar-refractivity contribution in [1.82, 2.24) is 4.72 Å². The van der Waals surface area contributed by atoms with Crippen LogP contribution in [0.3, 0.4) is 0 Å². The summed E-state index contributed by atoms with van der Waals surface area (Å²) in [6.07, 6.45) is 1.22. The summed E-state index contributed by atoms with van der Waals surface area (Å²) in [7, 11) is -3.58. The molecule has 1 aromatic carbocycles. The van der Waals surface area contributed by atoms with E-state index in [0.29, 0.717) is 5.56 Å². The lowest BCUT2D eigenvalue weighted by atomic mass is 10.1. The zero-order valence-electron chi connectivity index (χ0n) is 10.8. The molecule has 0 bridgehead atoms. The van der Waals surface area contributed by atoms with Crippen molar-refractivity contribution >= 4 is 16.0 Å². The Labute approximate surface area is 117 Å². The van der Waals surface area contributed by atoms with E-state index in [9.17, 15) is 18.3 Å². The molecule has 0 amide bonds. The highest BCUT2D eigenvalue weighted by Crippen LogP contribution is 2.32. The molecule has 3 N–H and O–H groups in total. The van der Waals surface area contributed by atoms with Crippen LogP contribution in [0.2, 0.25) is 0 Å². The van der Waals surface area contributed by atoms with Crippen LogP contribution in [0.4, 0.5) is 0 Å². The number of hydrogen-bond donors (Lipinski definition) is 3. The van der Waals surface area contributed by atoms with Gasteiger partial charge in [0, 0.05) is 6.54 Å². The summed E-state index contributed by atoms with van der Waals surface area (Å²) in [6, 6.07) is 5.80. The van der Waals surface area contributed by atoms with Crippen LogP contribution in [0.25, 0.3) is 0 Å². The van der Waals surface area contributed by atoms with E-state index in [1.54, 1.807) is 6.07 Å². The van der Waals surface area contributed by atoms with Gasteiger partial charge in [0.1, 0.15) is 0 Å². The van der Waals surface area contributed by atoms with Crippen LogP contribution in [0.1, 0.15) is 28.8 Å². The van der Waals surface area contributed by atoms with Crippen molar-refractivity contribution in [3.05, 3.63) is 35.4 Å². The van der Waals surface area contributed by atoms with E-state index in [4.69, 9.17) is 5.11 Å². The Bertz CT molecular complexity index is 595. The molecule has 0 heterocycles. The Kier molecular flexibility index (Phi) is 4.42. The lowest BCUT2D eigenvalue weighted by Gasteiger charge is -2.11. The number of carbonyl (C=O) groups is 1. The van der Waals surface area contributed by atoms with Crippen LogP contribution in [-0.4, -0.2) is 37.2 Å². The minimum atomic E-state index is -3.58. The highest BCUT2D eigenvalue weighted by Gasteiger charge is 2.30. The average Bonchev–Trinajstić information content (AvgIpc) is 3.20. The number of aliphatic hydroxyl groups is 1. The summed E-state index contributed by atoms with van der Waals surface area (Å²) in [6.45, 7) is 0.00558. The highest BCUT2D eigenvalue weighted by atomic mass is 32.2. The van der Waals surface area contributed by atoms with Crippen molar-refractivity contribution in [2.24, 2.45) is 5.92 Å². The molecule has 0 aliphatic heterocycles. The molecule has 1 aliphatic carbocycles. The van der Waals surface area contributed by atoms with Gasteiger partial charge < -0.3 is 10.2 Å². The lowest BCUT2D eigenvalue weighted by molar-refractivity contribution is 0.0696. The second-order valence-corrected chi connectivity index (χ2v) is 6.82. The molecule has 6 nitrogen and oxygen atoms in total. The zero-order valence-corrected chi connectivity index (χ0v) is 11.6. The second-order valence-electron chi connectivity index (χ2n) is 5.02. The van der Waals surface area contributed by atoms with Gasteiger partial charge >= 0.3 is 5.97 Å². The van der Waals surface area contributed by atoms with Crippen molar-refractivity contribution in [2.75, 3.05) is 6.54 Å². The van der Waals surface area contributed by atoms with Crippen molar-refractivity contribution in [2.45, 2.75) is 24.7 Å². The van der Waals surface area contributed by atoms with E-state index in [1.165, 1.54) is 18.2 Å². The largest absolute Gasteiger partial charge is 0.478 e. The Hall–Kier alpha value is -1.44. The first-order chi connectivity index (χ1) is 9.37. The molecule has 0 saturated heterocycles. The molecule has 1 aliphatic rings. The van der Waals surface area contributed by atoms with Crippen molar-refractivity contribution < 1.29 is 23.4 Å². The van der Waals surface area contributed by atoms with Gasteiger partial charge in [-0.05, 0) is 36.5 Å². The van der Waals surface area contributed by atoms with E-state index < -0.39 is 22.1 Å². The van der Waals surface area contributed by atoms with Crippen molar-refractivity contribution in [3.8, 4) is 0 Å². The molecule has 0 radical (unpaired) electrons. The summed E-state index contributed by atoms with van der Waals surface area (Å²) in [4.78, 5) is 10.8. The molecular formula is C13H17NO5S. The molecule has 1 atom stereocenters. The van der Waals surface area contributed by atoms with Crippen LogP contribution in [0.15, 0.2) is 24.3 Å². The lowest BCUT2D eigenvalue weighted by Crippen LogP contribution is -2.33. The summed E-state index contributed by atoms with van der Waals surface area (Å²) in [5, 5.41) is 18.5. The van der Waals surface area contributed by atoms with Gasteiger partial charge in [-0.2, -0.15) is 0 Å². The van der Waals surface area contributed by atoms with Crippen LogP contribution >= 0.6 is 0 Å². The van der Waals surface area contributed by atoms with Gasteiger partial charge in [0.15, 0.2) is 0 Å². The Morgan fingerprint density at radius 3 is 2.70 bits per heavy atom. The van der Waals surface area contributed by atoms with Crippen LogP contribution in [-0.2, 0) is 15.8 Å². The molecule has 0 spiro atoms. The Morgan fingerprint density at radius 1 is 1.40 bits per heavy atom. The number of sulfonamides is 1. The predicted octanol–water partition coefficient (Wildman–Crippen LogP) is 0.575. The van der Waals surface area contributed by atoms with E-state index in [1.807, 2.05) is 0 Å². The van der Waals surface area contributed by atoms with Gasteiger partial charge in [-0.15, -0.1) is 0 Å². The highest BCUT2D eigenvalue weighted by molar-refractivity contribution is 7.88. The Balaban J connectivity index is 1.96. The molecule has 1 fully saturated rings. The molecule has 7 heteroatoms. The van der Waals surface area contributed by atoms with Gasteiger partial charge in [-0.1, -0.05) is 12.1 Å². The van der Waals surface area contributed by atoms with Crippen LogP contribution in [0, 0.1) is 5.92 Å². The number of aliphatic hydroxyl groups excluding tert-OH is 1. The third-order valence-electron chi connectivity index (χ3n) is 3.21. The van der Waals surface area contributed by atoms with Gasteiger partial charge in [0.25, 0.3) is 0 Å². The summed E-state index contributed by atoms with van der Waals surface area (Å²) in [5.41, 5.74) is 0.453. The number of nitrogens with one attached hydrogen (secondary N) is 1. The minimum absolute atomic E-state index is 0.00558. The molecule has 1 unspecified atom stereocenters. The van der Waals surface area contributed by atoms with E-state index in [-0.39, 0.29) is 23.8 Å². The maximum Gasteiger partial charge on any atom is 0.335 e. The smallest absolute Gasteiger partial charge is 0.335 e. The third kappa shape index (κ3) is 4.29. The molecule has 1 aromatic rings. The first-order valence-electron chi connectivity index (χ1n) is 6.35. The van der Waals surface area contributed by atoms with E-state index in [2.05, 4.69) is 4.72 Å². The van der Waals surface area contributed by atoms with Crippen molar-refractivity contribution in [3.63, 3.8) is 0 Å². The zero-order chi connectivity index (χ0) is 14.8. The molecule has 20 heavy (non-hydrogen) atoms.